The van der Waals surface area contributed by atoms with Crippen LogP contribution in [0.25, 0.3) is 0 Å². The van der Waals surface area contributed by atoms with Crippen molar-refractivity contribution < 1.29 is 19.4 Å². The molecule has 1 aromatic carbocycles. The number of morpholine rings is 1. The van der Waals surface area contributed by atoms with Gasteiger partial charge in [0.25, 0.3) is 0 Å². The molecule has 3 N–H and O–H groups in total. The minimum absolute atomic E-state index is 0.485. The molecule has 0 bridgehead atoms. The number of methoxy groups -OCH3 is 1. The second-order valence-corrected chi connectivity index (χ2v) is 4.34. The van der Waals surface area contributed by atoms with Crippen LogP contribution in [-0.4, -0.2) is 44.5 Å². The van der Waals surface area contributed by atoms with Crippen LogP contribution in [-0.2, 0) is 9.53 Å². The van der Waals surface area contributed by atoms with E-state index in [1.54, 1.807) is 12.1 Å². The molecule has 2 rings (SSSR count). The normalized spacial score (nSPS) is 17.1. The minimum atomic E-state index is -1.09. The number of carboxylic acid groups (broad SMARTS) is 1. The number of carboxylic acids is 1. The summed E-state index contributed by atoms with van der Waals surface area (Å²) in [6, 6.07) is 4.35. The number of hydrogen-bond donors (Lipinski definition) is 2. The zero-order valence-corrected chi connectivity index (χ0v) is 10.8. The summed E-state index contributed by atoms with van der Waals surface area (Å²) >= 11 is 0. The molecule has 0 radical (unpaired) electrons. The first-order valence-corrected chi connectivity index (χ1v) is 6.12. The zero-order chi connectivity index (χ0) is 13.8. The van der Waals surface area contributed by atoms with Crippen molar-refractivity contribution in [2.24, 2.45) is 5.73 Å². The Labute approximate surface area is 111 Å². The predicted molar refractivity (Wildman–Crippen MR) is 70.6 cm³/mol. The van der Waals surface area contributed by atoms with E-state index in [0.29, 0.717) is 24.5 Å². The van der Waals surface area contributed by atoms with E-state index < -0.39 is 12.0 Å². The summed E-state index contributed by atoms with van der Waals surface area (Å²) in [6.45, 7) is 2.92. The van der Waals surface area contributed by atoms with Crippen LogP contribution in [0.3, 0.4) is 0 Å². The molecule has 1 heterocycles. The van der Waals surface area contributed by atoms with Crippen molar-refractivity contribution in [3.8, 4) is 5.75 Å². The highest BCUT2D eigenvalue weighted by Gasteiger charge is 2.21. The third-order valence-corrected chi connectivity index (χ3v) is 3.19. The summed E-state index contributed by atoms with van der Waals surface area (Å²) in [7, 11) is 1.50. The highest BCUT2D eigenvalue weighted by molar-refractivity contribution is 5.77. The summed E-state index contributed by atoms with van der Waals surface area (Å²) in [6.07, 6.45) is 0. The van der Waals surface area contributed by atoms with Gasteiger partial charge in [-0.3, -0.25) is 4.79 Å². The first-order valence-electron chi connectivity index (χ1n) is 6.12. The number of aliphatic carboxylic acids is 1. The molecule has 6 nitrogen and oxygen atoms in total. The Bertz CT molecular complexity index is 458. The summed E-state index contributed by atoms with van der Waals surface area (Å²) in [5.41, 5.74) is 7.12. The molecule has 0 amide bonds. The quantitative estimate of drug-likeness (QED) is 0.831. The van der Waals surface area contributed by atoms with Crippen LogP contribution in [0, 0.1) is 0 Å². The van der Waals surface area contributed by atoms with Crippen LogP contribution in [0.15, 0.2) is 18.2 Å². The molecule has 19 heavy (non-hydrogen) atoms. The molecule has 0 aromatic heterocycles. The lowest BCUT2D eigenvalue weighted by Crippen LogP contribution is -2.36. The first kappa shape index (κ1) is 13.6. The van der Waals surface area contributed by atoms with Gasteiger partial charge < -0.3 is 25.2 Å². The van der Waals surface area contributed by atoms with Crippen molar-refractivity contribution in [1.29, 1.82) is 0 Å². The van der Waals surface area contributed by atoms with Gasteiger partial charge >= 0.3 is 5.97 Å². The third-order valence-electron chi connectivity index (χ3n) is 3.19. The number of hydrogen-bond acceptors (Lipinski definition) is 5. The molecule has 0 spiro atoms. The predicted octanol–water partition coefficient (Wildman–Crippen LogP) is 0.616. The first-order chi connectivity index (χ1) is 9.13. The maximum Gasteiger partial charge on any atom is 0.325 e. The SMILES string of the molecule is COc1ccc(N2CCOCC2)cc1C(N)C(=O)O. The number of nitrogens with zero attached hydrogens (tertiary/aromatic N) is 1. The number of rotatable bonds is 4. The number of anilines is 1. The van der Waals surface area contributed by atoms with Crippen molar-refractivity contribution in [2.75, 3.05) is 38.3 Å². The molecule has 1 aromatic rings. The van der Waals surface area contributed by atoms with E-state index in [0.717, 1.165) is 18.8 Å². The lowest BCUT2D eigenvalue weighted by molar-refractivity contribution is -0.138. The molecule has 104 valence electrons. The fourth-order valence-electron chi connectivity index (χ4n) is 2.12. The lowest BCUT2D eigenvalue weighted by Gasteiger charge is -2.29. The topological polar surface area (TPSA) is 85.0 Å². The Morgan fingerprint density at radius 1 is 1.47 bits per heavy atom. The number of carbonyl (C=O) groups is 1. The van der Waals surface area contributed by atoms with Crippen LogP contribution < -0.4 is 15.4 Å². The van der Waals surface area contributed by atoms with Crippen molar-refractivity contribution in [3.05, 3.63) is 23.8 Å². The van der Waals surface area contributed by atoms with Gasteiger partial charge in [-0.05, 0) is 18.2 Å². The van der Waals surface area contributed by atoms with E-state index >= 15 is 0 Å². The fraction of sp³-hybridized carbons (Fsp3) is 0.462. The largest absolute Gasteiger partial charge is 0.496 e. The van der Waals surface area contributed by atoms with Crippen molar-refractivity contribution >= 4 is 11.7 Å². The van der Waals surface area contributed by atoms with E-state index in [-0.39, 0.29) is 0 Å². The molecule has 1 aliphatic heterocycles. The molecular formula is C13H18N2O4. The molecule has 1 fully saturated rings. The maximum absolute atomic E-state index is 11.0. The Hall–Kier alpha value is -1.79. The average Bonchev–Trinajstić information content (AvgIpc) is 2.46. The van der Waals surface area contributed by atoms with Gasteiger partial charge in [-0.2, -0.15) is 0 Å². The Morgan fingerprint density at radius 2 is 2.16 bits per heavy atom. The highest BCUT2D eigenvalue weighted by atomic mass is 16.5. The average molecular weight is 266 g/mol. The molecule has 0 saturated carbocycles. The van der Waals surface area contributed by atoms with Crippen LogP contribution in [0.2, 0.25) is 0 Å². The monoisotopic (exact) mass is 266 g/mol. The van der Waals surface area contributed by atoms with E-state index in [2.05, 4.69) is 4.90 Å². The fourth-order valence-corrected chi connectivity index (χ4v) is 2.12. The smallest absolute Gasteiger partial charge is 0.325 e. The molecule has 1 aliphatic rings. The highest BCUT2D eigenvalue weighted by Crippen LogP contribution is 2.29. The molecule has 6 heteroatoms. The van der Waals surface area contributed by atoms with Crippen molar-refractivity contribution in [3.63, 3.8) is 0 Å². The van der Waals surface area contributed by atoms with Gasteiger partial charge in [0.15, 0.2) is 0 Å². The number of nitrogens with two attached hydrogens (primary N) is 1. The Balaban J connectivity index is 2.31. The van der Waals surface area contributed by atoms with E-state index in [4.69, 9.17) is 20.3 Å². The minimum Gasteiger partial charge on any atom is -0.496 e. The van der Waals surface area contributed by atoms with E-state index in [9.17, 15) is 4.79 Å². The lowest BCUT2D eigenvalue weighted by atomic mass is 10.0. The van der Waals surface area contributed by atoms with Gasteiger partial charge in [0.1, 0.15) is 11.8 Å². The van der Waals surface area contributed by atoms with Gasteiger partial charge in [0, 0.05) is 24.3 Å². The Morgan fingerprint density at radius 3 is 2.74 bits per heavy atom. The summed E-state index contributed by atoms with van der Waals surface area (Å²) in [5.74, 6) is -0.579. The van der Waals surface area contributed by atoms with Crippen molar-refractivity contribution in [1.82, 2.24) is 0 Å². The number of ether oxygens (including phenoxy) is 2. The molecular weight excluding hydrogens is 248 g/mol. The summed E-state index contributed by atoms with van der Waals surface area (Å²) in [5, 5.41) is 9.04. The second kappa shape index (κ2) is 5.90. The van der Waals surface area contributed by atoms with Crippen LogP contribution >= 0.6 is 0 Å². The van der Waals surface area contributed by atoms with Gasteiger partial charge in [-0.1, -0.05) is 0 Å². The third kappa shape index (κ3) is 2.97. The van der Waals surface area contributed by atoms with Gasteiger partial charge in [-0.25, -0.2) is 0 Å². The molecule has 1 saturated heterocycles. The van der Waals surface area contributed by atoms with Crippen LogP contribution in [0.5, 0.6) is 5.75 Å². The molecule has 1 unspecified atom stereocenters. The standard InChI is InChI=1S/C13H18N2O4/c1-18-11-3-2-9(15-4-6-19-7-5-15)8-10(11)12(14)13(16)17/h2-3,8,12H,4-7,14H2,1H3,(H,16,17). The van der Waals surface area contributed by atoms with E-state index in [1.165, 1.54) is 7.11 Å². The van der Waals surface area contributed by atoms with Gasteiger partial charge in [0.2, 0.25) is 0 Å². The molecule has 1 atom stereocenters. The second-order valence-electron chi connectivity index (χ2n) is 4.34. The number of benzene rings is 1. The maximum atomic E-state index is 11.0. The molecule has 0 aliphatic carbocycles. The van der Waals surface area contributed by atoms with Crippen LogP contribution in [0.1, 0.15) is 11.6 Å². The zero-order valence-electron chi connectivity index (χ0n) is 10.8. The Kier molecular flexibility index (Phi) is 4.24. The van der Waals surface area contributed by atoms with Crippen LogP contribution in [0.4, 0.5) is 5.69 Å². The van der Waals surface area contributed by atoms with Gasteiger partial charge in [0.05, 0.1) is 20.3 Å². The van der Waals surface area contributed by atoms with E-state index in [1.807, 2.05) is 6.07 Å². The van der Waals surface area contributed by atoms with Gasteiger partial charge in [-0.15, -0.1) is 0 Å². The summed E-state index contributed by atoms with van der Waals surface area (Å²) < 4.78 is 10.5. The summed E-state index contributed by atoms with van der Waals surface area (Å²) in [4.78, 5) is 13.2. The van der Waals surface area contributed by atoms with Crippen molar-refractivity contribution in [2.45, 2.75) is 6.04 Å².